The summed E-state index contributed by atoms with van der Waals surface area (Å²) in [7, 11) is -2.39. The van der Waals surface area contributed by atoms with E-state index in [1.165, 1.54) is 12.8 Å². The Morgan fingerprint density at radius 3 is 1.95 bits per heavy atom. The lowest BCUT2D eigenvalue weighted by atomic mass is 10.3. The smallest absolute Gasteiger partial charge is 0.361 e. The van der Waals surface area contributed by atoms with E-state index in [9.17, 15) is 8.42 Å². The van der Waals surface area contributed by atoms with E-state index < -0.39 is 16.3 Å². The lowest BCUT2D eigenvalue weighted by Crippen LogP contribution is -2.33. The molecule has 1 aliphatic rings. The molecule has 0 atom stereocenters. The van der Waals surface area contributed by atoms with Gasteiger partial charge in [0.05, 0.1) is 11.4 Å². The molecule has 2 rings (SSSR count). The van der Waals surface area contributed by atoms with E-state index in [2.05, 4.69) is 13.8 Å². The molecular formula is C14H24N2O5S. The topological polar surface area (TPSA) is 98.2 Å². The summed E-state index contributed by atoms with van der Waals surface area (Å²) in [5.41, 5.74) is 1.31. The third-order valence-electron chi connectivity index (χ3n) is 2.68. The first kappa shape index (κ1) is 20.2. The predicted octanol–water partition coefficient (Wildman–Crippen LogP) is 2.60. The van der Waals surface area contributed by atoms with Gasteiger partial charge in [-0.2, -0.15) is 8.42 Å². The van der Waals surface area contributed by atoms with Crippen LogP contribution in [-0.2, 0) is 15.1 Å². The van der Waals surface area contributed by atoms with Crippen LogP contribution in [-0.4, -0.2) is 37.8 Å². The summed E-state index contributed by atoms with van der Waals surface area (Å²) < 4.78 is 31.9. The Hall–Kier alpha value is -1.80. The number of nitrogens with zero attached hydrogens (tertiary/aromatic N) is 2. The molecule has 22 heavy (non-hydrogen) atoms. The highest BCUT2D eigenvalue weighted by Gasteiger charge is 2.30. The van der Waals surface area contributed by atoms with Gasteiger partial charge in [0.25, 0.3) is 5.97 Å². The van der Waals surface area contributed by atoms with Crippen molar-refractivity contribution in [1.29, 1.82) is 0 Å². The Morgan fingerprint density at radius 1 is 1.18 bits per heavy atom. The maximum atomic E-state index is 11.0. The number of rotatable bonds is 2. The van der Waals surface area contributed by atoms with Crippen molar-refractivity contribution in [3.63, 3.8) is 0 Å². The zero-order valence-corrected chi connectivity index (χ0v) is 14.2. The molecule has 1 aliphatic heterocycles. The van der Waals surface area contributed by atoms with E-state index in [0.717, 1.165) is 16.9 Å². The number of fused-ring (bicyclic) bond motifs is 1. The second-order valence-electron chi connectivity index (χ2n) is 4.67. The molecule has 0 radical (unpaired) electrons. The molecule has 0 aliphatic carbocycles. The van der Waals surface area contributed by atoms with Crippen LogP contribution in [0.3, 0.4) is 0 Å². The zero-order valence-electron chi connectivity index (χ0n) is 13.4. The molecular weight excluding hydrogens is 308 g/mol. The molecule has 0 saturated carbocycles. The molecule has 0 fully saturated rings. The van der Waals surface area contributed by atoms with E-state index in [-0.39, 0.29) is 6.67 Å². The van der Waals surface area contributed by atoms with Gasteiger partial charge in [0.15, 0.2) is 0 Å². The maximum absolute atomic E-state index is 11.0. The van der Waals surface area contributed by atoms with Gasteiger partial charge in [-0.3, -0.25) is 9.35 Å². The molecule has 0 bridgehead atoms. The minimum absolute atomic E-state index is 0.151. The number of carboxylic acid groups (broad SMARTS) is 1. The first-order chi connectivity index (χ1) is 10.1. The Balaban J connectivity index is 0.000000464. The third kappa shape index (κ3) is 6.77. The van der Waals surface area contributed by atoms with E-state index in [1.807, 2.05) is 6.07 Å². The van der Waals surface area contributed by atoms with Gasteiger partial charge < -0.3 is 10.0 Å². The van der Waals surface area contributed by atoms with Crippen molar-refractivity contribution in [2.45, 2.75) is 33.6 Å². The summed E-state index contributed by atoms with van der Waals surface area (Å²) in [5, 5.41) is 7.42. The van der Waals surface area contributed by atoms with Crippen molar-refractivity contribution in [3.8, 4) is 0 Å². The summed E-state index contributed by atoms with van der Waals surface area (Å²) in [6.45, 7) is 5.60. The average Bonchev–Trinajstić information content (AvgIpc) is 2.76. The molecule has 0 unspecified atom stereocenters. The highest BCUT2D eigenvalue weighted by Crippen LogP contribution is 2.35. The number of carboxylic acids is 1. The quantitative estimate of drug-likeness (QED) is 0.808. The summed E-state index contributed by atoms with van der Waals surface area (Å²) in [4.78, 5) is 10.8. The molecule has 0 saturated heterocycles. The number of unbranched alkanes of at least 4 members (excludes halogenated alkanes) is 1. The van der Waals surface area contributed by atoms with Crippen LogP contribution in [0, 0.1) is 0 Å². The lowest BCUT2D eigenvalue weighted by Gasteiger charge is -2.14. The summed E-state index contributed by atoms with van der Waals surface area (Å²) in [6.07, 6.45) is 2.64. The van der Waals surface area contributed by atoms with Gasteiger partial charge in [-0.15, -0.1) is 0 Å². The van der Waals surface area contributed by atoms with Crippen molar-refractivity contribution >= 4 is 27.6 Å². The van der Waals surface area contributed by atoms with E-state index >= 15 is 0 Å². The minimum atomic E-state index is -4.16. The van der Waals surface area contributed by atoms with Crippen LogP contribution in [0.2, 0.25) is 0 Å². The fraction of sp³-hybridized carbons (Fsp3) is 0.500. The van der Waals surface area contributed by atoms with Gasteiger partial charge in [-0.05, 0) is 12.1 Å². The highest BCUT2D eigenvalue weighted by molar-refractivity contribution is 7.87. The van der Waals surface area contributed by atoms with Gasteiger partial charge in [-0.1, -0.05) is 38.8 Å². The van der Waals surface area contributed by atoms with Crippen LogP contribution in [0.1, 0.15) is 33.6 Å². The number of hydrogen-bond acceptors (Lipinski definition) is 4. The second kappa shape index (κ2) is 9.26. The zero-order chi connectivity index (χ0) is 17.3. The summed E-state index contributed by atoms with van der Waals surface area (Å²) in [5.74, 6) is -0.833. The second-order valence-corrected chi connectivity index (χ2v) is 6.01. The fourth-order valence-electron chi connectivity index (χ4n) is 1.54. The Kier molecular flexibility index (Phi) is 8.51. The van der Waals surface area contributed by atoms with Crippen LogP contribution >= 0.6 is 0 Å². The molecule has 1 aromatic rings. The van der Waals surface area contributed by atoms with Crippen molar-refractivity contribution in [2.75, 3.05) is 22.9 Å². The van der Waals surface area contributed by atoms with E-state index in [4.69, 9.17) is 14.5 Å². The van der Waals surface area contributed by atoms with Crippen LogP contribution in [0.5, 0.6) is 0 Å². The van der Waals surface area contributed by atoms with Gasteiger partial charge in [-0.25, -0.2) is 4.31 Å². The first-order valence-corrected chi connectivity index (χ1v) is 8.29. The number of hydrogen-bond donors (Lipinski definition) is 2. The summed E-state index contributed by atoms with van der Waals surface area (Å²) >= 11 is 0. The third-order valence-corrected chi connectivity index (χ3v) is 3.55. The molecule has 126 valence electrons. The molecule has 2 N–H and O–H groups in total. The monoisotopic (exact) mass is 332 g/mol. The van der Waals surface area contributed by atoms with Crippen LogP contribution in [0.25, 0.3) is 0 Å². The van der Waals surface area contributed by atoms with Gasteiger partial charge in [0.2, 0.25) is 0 Å². The van der Waals surface area contributed by atoms with Gasteiger partial charge in [0, 0.05) is 14.0 Å². The fourth-order valence-corrected chi connectivity index (χ4v) is 2.26. The van der Waals surface area contributed by atoms with Crippen molar-refractivity contribution in [2.24, 2.45) is 0 Å². The molecule has 0 spiro atoms. The number of carbonyl (C=O) groups is 1. The van der Waals surface area contributed by atoms with Gasteiger partial charge in [0.1, 0.15) is 6.67 Å². The Labute approximate surface area is 132 Å². The molecule has 0 aromatic heterocycles. The molecule has 1 heterocycles. The maximum Gasteiger partial charge on any atom is 0.361 e. The Bertz CT molecular complexity index is 568. The largest absolute Gasteiger partial charge is 0.481 e. The van der Waals surface area contributed by atoms with Crippen LogP contribution in [0.15, 0.2) is 24.3 Å². The summed E-state index contributed by atoms with van der Waals surface area (Å²) in [6, 6.07) is 7.02. The minimum Gasteiger partial charge on any atom is -0.481 e. The van der Waals surface area contributed by atoms with Gasteiger partial charge >= 0.3 is 10.3 Å². The number of anilines is 2. The highest BCUT2D eigenvalue weighted by atomic mass is 32.2. The SMILES string of the molecule is CC(=O)O.CCCC.CN1CN(S(=O)(=O)O)c2ccccc21. The molecule has 0 amide bonds. The molecule has 1 aromatic carbocycles. The van der Waals surface area contributed by atoms with E-state index in [1.54, 1.807) is 30.1 Å². The number of aliphatic carboxylic acids is 1. The van der Waals surface area contributed by atoms with Crippen molar-refractivity contribution in [3.05, 3.63) is 24.3 Å². The van der Waals surface area contributed by atoms with Crippen molar-refractivity contribution < 1.29 is 22.9 Å². The number of benzene rings is 1. The average molecular weight is 332 g/mol. The van der Waals surface area contributed by atoms with Crippen molar-refractivity contribution in [1.82, 2.24) is 0 Å². The lowest BCUT2D eigenvalue weighted by molar-refractivity contribution is -0.134. The van der Waals surface area contributed by atoms with Crippen LogP contribution in [0.4, 0.5) is 11.4 Å². The molecule has 7 nitrogen and oxygen atoms in total. The standard InChI is InChI=1S/C8H10N2O3S.C4H10.C2H4O2/c1-9-6-10(14(11,12)13)8-5-3-2-4-7(8)9;1-3-4-2;1-2(3)4/h2-5H,6H2,1H3,(H,11,12,13);3-4H2,1-2H3;1H3,(H,3,4). The van der Waals surface area contributed by atoms with Crippen LogP contribution < -0.4 is 9.21 Å². The number of para-hydroxylation sites is 2. The normalized spacial score (nSPS) is 12.6. The molecule has 8 heteroatoms. The predicted molar refractivity (Wildman–Crippen MR) is 87.6 cm³/mol. The Morgan fingerprint density at radius 2 is 1.59 bits per heavy atom. The van der Waals surface area contributed by atoms with E-state index in [0.29, 0.717) is 5.69 Å². The first-order valence-electron chi connectivity index (χ1n) is 6.89.